The van der Waals surface area contributed by atoms with Crippen LogP contribution >= 0.6 is 0 Å². The number of nitrogens with zero attached hydrogens (tertiary/aromatic N) is 4. The van der Waals surface area contributed by atoms with Gasteiger partial charge in [-0.15, -0.1) is 0 Å². The Morgan fingerprint density at radius 2 is 1.69 bits per heavy atom. The maximum atomic E-state index is 13.3. The van der Waals surface area contributed by atoms with Gasteiger partial charge in [0.1, 0.15) is 11.6 Å². The van der Waals surface area contributed by atoms with Crippen molar-refractivity contribution in [2.75, 3.05) is 18.0 Å². The van der Waals surface area contributed by atoms with Crippen LogP contribution in [0.2, 0.25) is 0 Å². The molecule has 26 heavy (non-hydrogen) atoms. The van der Waals surface area contributed by atoms with Crippen LogP contribution in [0.5, 0.6) is 0 Å². The Kier molecular flexibility index (Phi) is 4.87. The van der Waals surface area contributed by atoms with Gasteiger partial charge in [-0.3, -0.25) is 0 Å². The molecule has 2 aromatic heterocycles. The lowest BCUT2D eigenvalue weighted by Gasteiger charge is -2.27. The standard InChI is InChI=1S/C21H25FN4/c1-2-18-14-20(25-12-6-4-3-5-7-13-25)26-21(24-18)19(15-23-26)16-8-10-17(22)11-9-16/h8-11,14-15H,2-7,12-13H2,1H3. The third-order valence-corrected chi connectivity index (χ3v) is 5.20. The van der Waals surface area contributed by atoms with Gasteiger partial charge in [0.15, 0.2) is 5.65 Å². The van der Waals surface area contributed by atoms with E-state index in [1.165, 1.54) is 44.2 Å². The van der Waals surface area contributed by atoms with Crippen molar-refractivity contribution in [1.29, 1.82) is 0 Å². The first kappa shape index (κ1) is 17.0. The van der Waals surface area contributed by atoms with Crippen LogP contribution in [0.4, 0.5) is 10.2 Å². The van der Waals surface area contributed by atoms with Crippen LogP contribution in [0.15, 0.2) is 36.5 Å². The molecule has 1 aliphatic rings. The van der Waals surface area contributed by atoms with E-state index < -0.39 is 0 Å². The highest BCUT2D eigenvalue weighted by Crippen LogP contribution is 2.28. The summed E-state index contributed by atoms with van der Waals surface area (Å²) in [7, 11) is 0. The molecule has 1 fully saturated rings. The van der Waals surface area contributed by atoms with Crippen LogP contribution in [0.1, 0.15) is 44.7 Å². The molecule has 1 aliphatic heterocycles. The highest BCUT2D eigenvalue weighted by molar-refractivity contribution is 5.78. The summed E-state index contributed by atoms with van der Waals surface area (Å²) in [6.45, 7) is 4.26. The van der Waals surface area contributed by atoms with E-state index in [4.69, 9.17) is 4.98 Å². The second-order valence-corrected chi connectivity index (χ2v) is 7.01. The monoisotopic (exact) mass is 352 g/mol. The number of rotatable bonds is 3. The molecule has 136 valence electrons. The van der Waals surface area contributed by atoms with Gasteiger partial charge < -0.3 is 4.90 Å². The average Bonchev–Trinajstić information content (AvgIpc) is 3.05. The lowest BCUT2D eigenvalue weighted by atomic mass is 10.1. The predicted octanol–water partition coefficient (Wildman–Crippen LogP) is 4.87. The van der Waals surface area contributed by atoms with E-state index in [0.29, 0.717) is 0 Å². The SMILES string of the molecule is CCc1cc(N2CCCCCCC2)n2ncc(-c3ccc(F)cc3)c2n1. The molecule has 3 aromatic rings. The Bertz CT molecular complexity index is 877. The van der Waals surface area contributed by atoms with Gasteiger partial charge >= 0.3 is 0 Å². The predicted molar refractivity (Wildman–Crippen MR) is 103 cm³/mol. The summed E-state index contributed by atoms with van der Waals surface area (Å²) in [5, 5.41) is 4.64. The Morgan fingerprint density at radius 1 is 1.00 bits per heavy atom. The molecule has 0 aliphatic carbocycles. The van der Waals surface area contributed by atoms with Crippen LogP contribution in [0.3, 0.4) is 0 Å². The highest BCUT2D eigenvalue weighted by atomic mass is 19.1. The zero-order valence-electron chi connectivity index (χ0n) is 15.3. The number of hydrogen-bond acceptors (Lipinski definition) is 3. The maximum Gasteiger partial charge on any atom is 0.165 e. The van der Waals surface area contributed by atoms with E-state index in [1.807, 2.05) is 10.7 Å². The first-order chi connectivity index (χ1) is 12.8. The summed E-state index contributed by atoms with van der Waals surface area (Å²) in [6, 6.07) is 8.74. The fourth-order valence-corrected chi connectivity index (χ4v) is 3.71. The molecule has 0 spiro atoms. The van der Waals surface area contributed by atoms with Crippen molar-refractivity contribution in [1.82, 2.24) is 14.6 Å². The highest BCUT2D eigenvalue weighted by Gasteiger charge is 2.17. The van der Waals surface area contributed by atoms with Gasteiger partial charge in [-0.05, 0) is 37.0 Å². The van der Waals surface area contributed by atoms with Crippen molar-refractivity contribution < 1.29 is 4.39 Å². The fourth-order valence-electron chi connectivity index (χ4n) is 3.71. The van der Waals surface area contributed by atoms with E-state index in [-0.39, 0.29) is 5.82 Å². The molecule has 0 saturated carbocycles. The molecular weight excluding hydrogens is 327 g/mol. The Balaban J connectivity index is 1.81. The number of hydrogen-bond donors (Lipinski definition) is 0. The quantitative estimate of drug-likeness (QED) is 0.674. The molecule has 0 radical (unpaired) electrons. The average molecular weight is 352 g/mol. The largest absolute Gasteiger partial charge is 0.356 e. The van der Waals surface area contributed by atoms with Crippen molar-refractivity contribution in [2.24, 2.45) is 0 Å². The van der Waals surface area contributed by atoms with Crippen LogP contribution in [-0.2, 0) is 6.42 Å². The van der Waals surface area contributed by atoms with Gasteiger partial charge in [-0.2, -0.15) is 9.61 Å². The number of benzene rings is 1. The van der Waals surface area contributed by atoms with E-state index >= 15 is 0 Å². The minimum atomic E-state index is -0.228. The normalized spacial score (nSPS) is 15.8. The molecule has 1 saturated heterocycles. The smallest absolute Gasteiger partial charge is 0.165 e. The third kappa shape index (κ3) is 3.30. The molecule has 5 heteroatoms. The zero-order chi connectivity index (χ0) is 17.9. The molecule has 0 bridgehead atoms. The molecule has 0 atom stereocenters. The second kappa shape index (κ2) is 7.44. The second-order valence-electron chi connectivity index (χ2n) is 7.01. The lowest BCUT2D eigenvalue weighted by molar-refractivity contribution is 0.550. The Labute approximate surface area is 153 Å². The summed E-state index contributed by atoms with van der Waals surface area (Å²) in [5.41, 5.74) is 3.82. The summed E-state index contributed by atoms with van der Waals surface area (Å²) in [6.07, 6.45) is 9.11. The number of fused-ring (bicyclic) bond motifs is 1. The van der Waals surface area contributed by atoms with Crippen LogP contribution < -0.4 is 4.90 Å². The molecule has 0 amide bonds. The fraction of sp³-hybridized carbons (Fsp3) is 0.429. The first-order valence-electron chi connectivity index (χ1n) is 9.65. The van der Waals surface area contributed by atoms with Crippen molar-refractivity contribution in [3.63, 3.8) is 0 Å². The van der Waals surface area contributed by atoms with E-state index in [2.05, 4.69) is 23.0 Å². The summed E-state index contributed by atoms with van der Waals surface area (Å²) >= 11 is 0. The van der Waals surface area contributed by atoms with Gasteiger partial charge in [-0.25, -0.2) is 9.37 Å². The molecule has 4 rings (SSSR count). The van der Waals surface area contributed by atoms with Crippen LogP contribution in [0, 0.1) is 5.82 Å². The van der Waals surface area contributed by atoms with Gasteiger partial charge in [-0.1, -0.05) is 38.3 Å². The van der Waals surface area contributed by atoms with Crippen LogP contribution in [-0.4, -0.2) is 27.7 Å². The van der Waals surface area contributed by atoms with Crippen molar-refractivity contribution in [2.45, 2.75) is 45.4 Å². The maximum absolute atomic E-state index is 13.3. The van der Waals surface area contributed by atoms with Crippen molar-refractivity contribution in [3.8, 4) is 11.1 Å². The zero-order valence-corrected chi connectivity index (χ0v) is 15.3. The Morgan fingerprint density at radius 3 is 2.38 bits per heavy atom. The number of aromatic nitrogens is 3. The van der Waals surface area contributed by atoms with Gasteiger partial charge in [0.2, 0.25) is 0 Å². The molecule has 1 aromatic carbocycles. The molecular formula is C21H25FN4. The van der Waals surface area contributed by atoms with E-state index in [1.54, 1.807) is 12.1 Å². The summed E-state index contributed by atoms with van der Waals surface area (Å²) < 4.78 is 15.3. The van der Waals surface area contributed by atoms with E-state index in [0.717, 1.165) is 47.8 Å². The lowest BCUT2D eigenvalue weighted by Crippen LogP contribution is -2.29. The minimum Gasteiger partial charge on any atom is -0.356 e. The first-order valence-corrected chi connectivity index (χ1v) is 9.65. The minimum absolute atomic E-state index is 0.228. The topological polar surface area (TPSA) is 33.4 Å². The van der Waals surface area contributed by atoms with Crippen molar-refractivity contribution in [3.05, 3.63) is 48.0 Å². The number of halogens is 1. The van der Waals surface area contributed by atoms with Crippen molar-refractivity contribution >= 4 is 11.5 Å². The Hall–Kier alpha value is -2.43. The van der Waals surface area contributed by atoms with Gasteiger partial charge in [0.05, 0.1) is 6.20 Å². The third-order valence-electron chi connectivity index (χ3n) is 5.20. The van der Waals surface area contributed by atoms with Gasteiger partial charge in [0.25, 0.3) is 0 Å². The number of anilines is 1. The number of aryl methyl sites for hydroxylation is 1. The van der Waals surface area contributed by atoms with Gasteiger partial charge in [0, 0.05) is 30.4 Å². The summed E-state index contributed by atoms with van der Waals surface area (Å²) in [5.74, 6) is 0.899. The van der Waals surface area contributed by atoms with Crippen LogP contribution in [0.25, 0.3) is 16.8 Å². The molecule has 0 unspecified atom stereocenters. The molecule has 0 N–H and O–H groups in total. The van der Waals surface area contributed by atoms with E-state index in [9.17, 15) is 4.39 Å². The molecule has 3 heterocycles. The molecule has 4 nitrogen and oxygen atoms in total. The summed E-state index contributed by atoms with van der Waals surface area (Å²) in [4.78, 5) is 7.28.